The number of rotatable bonds is 6. The fraction of sp³-hybridized carbons (Fsp3) is 0.312. The predicted molar refractivity (Wildman–Crippen MR) is 90.1 cm³/mol. The fourth-order valence-electron chi connectivity index (χ4n) is 1.88. The minimum atomic E-state index is -3.15. The summed E-state index contributed by atoms with van der Waals surface area (Å²) in [7, 11) is -3.15. The van der Waals surface area contributed by atoms with Crippen molar-refractivity contribution < 1.29 is 17.6 Å². The molecular formula is C16H20N2O4S. The molecule has 1 aromatic carbocycles. The maximum Gasteiger partial charge on any atom is 0.319 e. The lowest BCUT2D eigenvalue weighted by molar-refractivity contribution is 0.252. The Hall–Kier alpha value is -2.28. The fourth-order valence-corrected chi connectivity index (χ4v) is 2.74. The van der Waals surface area contributed by atoms with Crippen LogP contribution >= 0.6 is 0 Å². The first-order valence-corrected chi connectivity index (χ1v) is 9.00. The maximum atomic E-state index is 11.7. The number of nitrogens with one attached hydrogen (secondary N) is 2. The first-order chi connectivity index (χ1) is 10.9. The van der Waals surface area contributed by atoms with E-state index in [1.165, 1.54) is 0 Å². The number of hydrogen-bond donors (Lipinski definition) is 2. The van der Waals surface area contributed by atoms with Crippen molar-refractivity contribution in [2.75, 3.05) is 17.6 Å². The van der Waals surface area contributed by atoms with Crippen molar-refractivity contribution in [1.82, 2.24) is 5.32 Å². The van der Waals surface area contributed by atoms with Crippen molar-refractivity contribution >= 4 is 21.6 Å². The van der Waals surface area contributed by atoms with Gasteiger partial charge in [0.1, 0.15) is 5.76 Å². The van der Waals surface area contributed by atoms with Gasteiger partial charge in [-0.15, -0.1) is 0 Å². The number of furan rings is 1. The van der Waals surface area contributed by atoms with Gasteiger partial charge in [-0.2, -0.15) is 0 Å². The predicted octanol–water partition coefficient (Wildman–Crippen LogP) is 2.89. The number of carbonyl (C=O) groups excluding carboxylic acids is 1. The van der Waals surface area contributed by atoms with Crippen LogP contribution < -0.4 is 10.6 Å². The van der Waals surface area contributed by atoms with E-state index in [1.807, 2.05) is 18.2 Å². The van der Waals surface area contributed by atoms with Crippen molar-refractivity contribution in [1.29, 1.82) is 0 Å². The van der Waals surface area contributed by atoms with E-state index in [4.69, 9.17) is 4.42 Å². The van der Waals surface area contributed by atoms with E-state index in [0.717, 1.165) is 11.3 Å². The molecule has 23 heavy (non-hydrogen) atoms. The van der Waals surface area contributed by atoms with E-state index < -0.39 is 21.1 Å². The van der Waals surface area contributed by atoms with Gasteiger partial charge in [0.15, 0.2) is 9.84 Å². The van der Waals surface area contributed by atoms with Crippen LogP contribution in [0.15, 0.2) is 47.1 Å². The summed E-state index contributed by atoms with van der Waals surface area (Å²) in [4.78, 5) is 11.7. The van der Waals surface area contributed by atoms with Crippen LogP contribution in [0, 0.1) is 0 Å². The molecule has 1 aromatic heterocycles. The lowest BCUT2D eigenvalue weighted by Crippen LogP contribution is -2.34. The van der Waals surface area contributed by atoms with E-state index in [1.54, 1.807) is 38.3 Å². The van der Waals surface area contributed by atoms with E-state index >= 15 is 0 Å². The molecule has 124 valence electrons. The topological polar surface area (TPSA) is 88.4 Å². The number of hydrogen-bond acceptors (Lipinski definition) is 4. The van der Waals surface area contributed by atoms with Gasteiger partial charge in [0.05, 0.1) is 17.3 Å². The Kier molecular flexibility index (Phi) is 5.44. The maximum absolute atomic E-state index is 11.7. The van der Waals surface area contributed by atoms with Gasteiger partial charge in [-0.25, -0.2) is 13.2 Å². The summed E-state index contributed by atoms with van der Waals surface area (Å²) >= 11 is 0. The molecule has 0 bridgehead atoms. The minimum Gasteiger partial charge on any atom is -0.464 e. The van der Waals surface area contributed by atoms with Crippen LogP contribution in [0.5, 0.6) is 0 Å². The molecule has 2 amide bonds. The molecular weight excluding hydrogens is 316 g/mol. The highest BCUT2D eigenvalue weighted by molar-refractivity contribution is 7.92. The van der Waals surface area contributed by atoms with E-state index in [9.17, 15) is 13.2 Å². The summed E-state index contributed by atoms with van der Waals surface area (Å²) in [5.41, 5.74) is 1.52. The molecule has 6 nitrogen and oxygen atoms in total. The molecule has 7 heteroatoms. The molecule has 0 aliphatic rings. The van der Waals surface area contributed by atoms with Crippen LogP contribution in [0.2, 0.25) is 0 Å². The highest BCUT2D eigenvalue weighted by Crippen LogP contribution is 2.21. The number of urea groups is 1. The van der Waals surface area contributed by atoms with Crippen LogP contribution in [0.25, 0.3) is 11.3 Å². The van der Waals surface area contributed by atoms with Gasteiger partial charge in [0.25, 0.3) is 0 Å². The van der Waals surface area contributed by atoms with Crippen LogP contribution in [0.4, 0.5) is 10.5 Å². The summed E-state index contributed by atoms with van der Waals surface area (Å²) in [6, 6.07) is 10.4. The van der Waals surface area contributed by atoms with Gasteiger partial charge in [0.2, 0.25) is 0 Å². The van der Waals surface area contributed by atoms with E-state index in [-0.39, 0.29) is 12.3 Å². The Balaban J connectivity index is 1.84. The Labute approximate surface area is 135 Å². The second kappa shape index (κ2) is 7.32. The SMILES string of the molecule is CC(C)S(=O)(=O)CCNC(=O)Nc1ccc(-c2ccco2)cc1. The Morgan fingerprint density at radius 3 is 2.43 bits per heavy atom. The third-order valence-electron chi connectivity index (χ3n) is 3.34. The number of anilines is 1. The molecule has 0 aliphatic carbocycles. The molecule has 2 N–H and O–H groups in total. The Morgan fingerprint density at radius 1 is 1.17 bits per heavy atom. The molecule has 2 rings (SSSR count). The van der Waals surface area contributed by atoms with Gasteiger partial charge in [-0.05, 0) is 50.2 Å². The molecule has 0 saturated carbocycles. The van der Waals surface area contributed by atoms with Gasteiger partial charge >= 0.3 is 6.03 Å². The summed E-state index contributed by atoms with van der Waals surface area (Å²) in [6.07, 6.45) is 1.60. The zero-order valence-corrected chi connectivity index (χ0v) is 13.9. The Bertz CT molecular complexity index is 735. The molecule has 0 unspecified atom stereocenters. The molecule has 0 radical (unpaired) electrons. The molecule has 0 atom stereocenters. The molecule has 1 heterocycles. The van der Waals surface area contributed by atoms with Gasteiger partial charge in [-0.3, -0.25) is 0 Å². The average molecular weight is 336 g/mol. The monoisotopic (exact) mass is 336 g/mol. The molecule has 0 saturated heterocycles. The van der Waals surface area contributed by atoms with Gasteiger partial charge < -0.3 is 15.1 Å². The number of sulfone groups is 1. The smallest absolute Gasteiger partial charge is 0.319 e. The van der Waals surface area contributed by atoms with Gasteiger partial charge in [0, 0.05) is 17.8 Å². The third kappa shape index (κ3) is 4.85. The lowest BCUT2D eigenvalue weighted by Gasteiger charge is -2.10. The van der Waals surface area contributed by atoms with Gasteiger partial charge in [-0.1, -0.05) is 0 Å². The zero-order valence-electron chi connectivity index (χ0n) is 13.1. The summed E-state index contributed by atoms with van der Waals surface area (Å²) in [5, 5.41) is 4.75. The first kappa shape index (κ1) is 17.1. The van der Waals surface area contributed by atoms with Crippen molar-refractivity contribution in [2.24, 2.45) is 0 Å². The number of benzene rings is 1. The van der Waals surface area contributed by atoms with Crippen molar-refractivity contribution in [3.05, 3.63) is 42.7 Å². The summed E-state index contributed by atoms with van der Waals surface area (Å²) < 4.78 is 28.6. The van der Waals surface area contributed by atoms with Crippen LogP contribution in [-0.4, -0.2) is 32.0 Å². The number of amides is 2. The van der Waals surface area contributed by atoms with Crippen molar-refractivity contribution in [3.8, 4) is 11.3 Å². The highest BCUT2D eigenvalue weighted by atomic mass is 32.2. The van der Waals surface area contributed by atoms with Crippen LogP contribution in [0.1, 0.15) is 13.8 Å². The average Bonchev–Trinajstić information content (AvgIpc) is 3.02. The molecule has 0 fully saturated rings. The molecule has 0 spiro atoms. The quantitative estimate of drug-likeness (QED) is 0.849. The molecule has 0 aliphatic heterocycles. The standard InChI is InChI=1S/C16H20N2O4S/c1-12(2)23(20,21)11-9-17-16(19)18-14-7-5-13(6-8-14)15-4-3-10-22-15/h3-8,10,12H,9,11H2,1-2H3,(H2,17,18,19). The van der Waals surface area contributed by atoms with Crippen molar-refractivity contribution in [2.45, 2.75) is 19.1 Å². The Morgan fingerprint density at radius 2 is 1.87 bits per heavy atom. The first-order valence-electron chi connectivity index (χ1n) is 7.29. The number of carbonyl (C=O) groups is 1. The minimum absolute atomic E-state index is 0.0739. The molecule has 2 aromatic rings. The second-order valence-corrected chi connectivity index (χ2v) is 8.03. The van der Waals surface area contributed by atoms with E-state index in [0.29, 0.717) is 5.69 Å². The lowest BCUT2D eigenvalue weighted by atomic mass is 10.1. The van der Waals surface area contributed by atoms with E-state index in [2.05, 4.69) is 10.6 Å². The largest absolute Gasteiger partial charge is 0.464 e. The van der Waals surface area contributed by atoms with Crippen LogP contribution in [0.3, 0.4) is 0 Å². The summed E-state index contributed by atoms with van der Waals surface area (Å²) in [5.74, 6) is 0.676. The summed E-state index contributed by atoms with van der Waals surface area (Å²) in [6.45, 7) is 3.32. The third-order valence-corrected chi connectivity index (χ3v) is 5.55. The van der Waals surface area contributed by atoms with Crippen LogP contribution in [-0.2, 0) is 9.84 Å². The zero-order chi connectivity index (χ0) is 16.9. The second-order valence-electron chi connectivity index (χ2n) is 5.35. The normalized spacial score (nSPS) is 11.4. The highest BCUT2D eigenvalue weighted by Gasteiger charge is 2.15. The van der Waals surface area contributed by atoms with Crippen molar-refractivity contribution in [3.63, 3.8) is 0 Å².